The van der Waals surface area contributed by atoms with E-state index in [0.29, 0.717) is 10.0 Å². The van der Waals surface area contributed by atoms with Gasteiger partial charge in [0.1, 0.15) is 0 Å². The van der Waals surface area contributed by atoms with Crippen LogP contribution >= 0.6 is 23.2 Å². The van der Waals surface area contributed by atoms with Gasteiger partial charge in [-0.05, 0) is 51.0 Å². The summed E-state index contributed by atoms with van der Waals surface area (Å²) in [6.07, 6.45) is 3.16. The molecule has 1 aromatic rings. The van der Waals surface area contributed by atoms with Crippen LogP contribution in [0.4, 0.5) is 0 Å². The number of benzene rings is 1. The van der Waals surface area contributed by atoms with Crippen molar-refractivity contribution in [3.05, 3.63) is 39.4 Å². The van der Waals surface area contributed by atoms with Crippen LogP contribution in [0, 0.1) is 0 Å². The molecular weight excluding hydrogens is 265 g/mol. The van der Waals surface area contributed by atoms with Gasteiger partial charge < -0.3 is 5.32 Å². The van der Waals surface area contributed by atoms with Crippen LogP contribution in [0.15, 0.2) is 23.8 Å². The fraction of sp³-hybridized carbons (Fsp3) is 0.467. The molecule has 0 radical (unpaired) electrons. The maximum absolute atomic E-state index is 6.00. The lowest BCUT2D eigenvalue weighted by Gasteiger charge is -2.21. The molecule has 0 amide bonds. The van der Waals surface area contributed by atoms with E-state index in [4.69, 9.17) is 23.2 Å². The predicted molar refractivity (Wildman–Crippen MR) is 82.5 cm³/mol. The number of hydrogen-bond donors (Lipinski definition) is 1. The van der Waals surface area contributed by atoms with Gasteiger partial charge in [-0.3, -0.25) is 0 Å². The average Bonchev–Trinajstić information content (AvgIpc) is 2.21. The largest absolute Gasteiger partial charge is 0.308 e. The topological polar surface area (TPSA) is 12.0 Å². The van der Waals surface area contributed by atoms with Crippen LogP contribution in [0.2, 0.25) is 10.0 Å². The molecule has 18 heavy (non-hydrogen) atoms. The molecule has 100 valence electrons. The molecule has 1 nitrogen and oxygen atoms in total. The van der Waals surface area contributed by atoms with Crippen LogP contribution in [0.25, 0.3) is 6.08 Å². The zero-order valence-electron chi connectivity index (χ0n) is 11.5. The minimum Gasteiger partial charge on any atom is -0.308 e. The van der Waals surface area contributed by atoms with Gasteiger partial charge in [-0.2, -0.15) is 0 Å². The van der Waals surface area contributed by atoms with Crippen molar-refractivity contribution in [3.63, 3.8) is 0 Å². The summed E-state index contributed by atoms with van der Waals surface area (Å²) < 4.78 is 0. The lowest BCUT2D eigenvalue weighted by Crippen LogP contribution is -2.36. The lowest BCUT2D eigenvalue weighted by atomic mass is 10.1. The van der Waals surface area contributed by atoms with E-state index in [1.165, 1.54) is 5.57 Å². The molecular formula is C15H21Cl2N. The Labute approximate surface area is 120 Å². The molecule has 0 saturated carbocycles. The maximum Gasteiger partial charge on any atom is 0.0426 e. The first-order chi connectivity index (χ1) is 8.30. The van der Waals surface area contributed by atoms with Gasteiger partial charge in [-0.15, -0.1) is 0 Å². The van der Waals surface area contributed by atoms with Crippen LogP contribution in [0.1, 0.15) is 39.7 Å². The third kappa shape index (κ3) is 5.90. The molecule has 1 rings (SSSR count). The number of halogens is 2. The van der Waals surface area contributed by atoms with Gasteiger partial charge in [0.15, 0.2) is 0 Å². The summed E-state index contributed by atoms with van der Waals surface area (Å²) in [5, 5.41) is 4.84. The molecule has 3 heteroatoms. The summed E-state index contributed by atoms with van der Waals surface area (Å²) in [5.41, 5.74) is 2.52. The van der Waals surface area contributed by atoms with Crippen molar-refractivity contribution in [1.29, 1.82) is 0 Å². The summed E-state index contributed by atoms with van der Waals surface area (Å²) in [4.78, 5) is 0. The van der Waals surface area contributed by atoms with Gasteiger partial charge >= 0.3 is 0 Å². The van der Waals surface area contributed by atoms with Crippen LogP contribution in [-0.4, -0.2) is 12.1 Å². The van der Waals surface area contributed by atoms with Gasteiger partial charge in [-0.1, -0.05) is 41.8 Å². The Morgan fingerprint density at radius 1 is 1.17 bits per heavy atom. The minimum atomic E-state index is 0.125. The highest BCUT2D eigenvalue weighted by Gasteiger charge is 2.08. The van der Waals surface area contributed by atoms with Crippen LogP contribution in [0.5, 0.6) is 0 Å². The van der Waals surface area contributed by atoms with Gasteiger partial charge in [0.05, 0.1) is 0 Å². The van der Waals surface area contributed by atoms with Crippen molar-refractivity contribution < 1.29 is 0 Å². The van der Waals surface area contributed by atoms with Crippen molar-refractivity contribution in [1.82, 2.24) is 5.32 Å². The standard InChI is InChI=1S/C15H21Cl2N/c1-5-11(10-18-15(2,3)4)6-12-7-13(16)9-14(17)8-12/h6-9,18H,5,10H2,1-4H3. The molecule has 1 aromatic carbocycles. The molecule has 0 heterocycles. The highest BCUT2D eigenvalue weighted by Crippen LogP contribution is 2.21. The SMILES string of the molecule is CCC(=Cc1cc(Cl)cc(Cl)c1)CNC(C)(C)C. The number of rotatable bonds is 4. The van der Waals surface area contributed by atoms with Gasteiger partial charge in [0.25, 0.3) is 0 Å². The van der Waals surface area contributed by atoms with Crippen LogP contribution < -0.4 is 5.32 Å². The van der Waals surface area contributed by atoms with E-state index in [1.54, 1.807) is 6.07 Å². The summed E-state index contributed by atoms with van der Waals surface area (Å²) >= 11 is 12.0. The maximum atomic E-state index is 6.00. The Hall–Kier alpha value is -0.500. The molecule has 0 saturated heterocycles. The van der Waals surface area contributed by atoms with Crippen molar-refractivity contribution in [2.45, 2.75) is 39.7 Å². The smallest absolute Gasteiger partial charge is 0.0426 e. The summed E-state index contributed by atoms with van der Waals surface area (Å²) in [6.45, 7) is 9.52. The zero-order chi connectivity index (χ0) is 13.8. The minimum absolute atomic E-state index is 0.125. The molecule has 0 atom stereocenters. The summed E-state index contributed by atoms with van der Waals surface area (Å²) in [6, 6.07) is 5.61. The fourth-order valence-electron chi connectivity index (χ4n) is 1.55. The zero-order valence-corrected chi connectivity index (χ0v) is 13.0. The Balaban J connectivity index is 2.83. The molecule has 0 unspecified atom stereocenters. The number of nitrogens with one attached hydrogen (secondary N) is 1. The number of hydrogen-bond acceptors (Lipinski definition) is 1. The van der Waals surface area contributed by atoms with Crippen molar-refractivity contribution in [2.75, 3.05) is 6.54 Å². The third-order valence-corrected chi connectivity index (χ3v) is 2.99. The Kier molecular flexibility index (Phi) is 5.71. The highest BCUT2D eigenvalue weighted by molar-refractivity contribution is 6.34. The second kappa shape index (κ2) is 6.60. The molecule has 0 fully saturated rings. The van der Waals surface area contributed by atoms with E-state index in [9.17, 15) is 0 Å². The first-order valence-electron chi connectivity index (χ1n) is 6.21. The van der Waals surface area contributed by atoms with Crippen LogP contribution in [-0.2, 0) is 0 Å². The predicted octanol–water partition coefficient (Wildman–Crippen LogP) is 5.17. The summed E-state index contributed by atoms with van der Waals surface area (Å²) in [5.74, 6) is 0. The molecule has 0 aliphatic carbocycles. The van der Waals surface area contributed by atoms with E-state index >= 15 is 0 Å². The van der Waals surface area contributed by atoms with Gasteiger partial charge in [0, 0.05) is 22.1 Å². The molecule has 0 spiro atoms. The quantitative estimate of drug-likeness (QED) is 0.804. The first kappa shape index (κ1) is 15.6. The second-order valence-electron chi connectivity index (χ2n) is 5.46. The monoisotopic (exact) mass is 285 g/mol. The Morgan fingerprint density at radius 3 is 2.17 bits per heavy atom. The molecule has 0 aromatic heterocycles. The Bertz CT molecular complexity index is 410. The normalized spacial score (nSPS) is 12.9. The van der Waals surface area contributed by atoms with Gasteiger partial charge in [-0.25, -0.2) is 0 Å². The van der Waals surface area contributed by atoms with E-state index in [-0.39, 0.29) is 5.54 Å². The average molecular weight is 286 g/mol. The molecule has 1 N–H and O–H groups in total. The van der Waals surface area contributed by atoms with Crippen molar-refractivity contribution in [3.8, 4) is 0 Å². The second-order valence-corrected chi connectivity index (χ2v) is 6.34. The van der Waals surface area contributed by atoms with Crippen LogP contribution in [0.3, 0.4) is 0 Å². The van der Waals surface area contributed by atoms with E-state index < -0.39 is 0 Å². The lowest BCUT2D eigenvalue weighted by molar-refractivity contribution is 0.443. The molecule has 0 bridgehead atoms. The fourth-order valence-corrected chi connectivity index (χ4v) is 2.09. The summed E-state index contributed by atoms with van der Waals surface area (Å²) in [7, 11) is 0. The molecule has 0 aliphatic heterocycles. The van der Waals surface area contributed by atoms with E-state index in [2.05, 4.69) is 39.1 Å². The van der Waals surface area contributed by atoms with Gasteiger partial charge in [0.2, 0.25) is 0 Å². The first-order valence-corrected chi connectivity index (χ1v) is 6.96. The molecule has 0 aliphatic rings. The highest BCUT2D eigenvalue weighted by atomic mass is 35.5. The third-order valence-electron chi connectivity index (χ3n) is 2.56. The van der Waals surface area contributed by atoms with Crippen molar-refractivity contribution >= 4 is 29.3 Å². The Morgan fingerprint density at radius 2 is 1.72 bits per heavy atom. The van der Waals surface area contributed by atoms with Crippen molar-refractivity contribution in [2.24, 2.45) is 0 Å². The van der Waals surface area contributed by atoms with E-state index in [0.717, 1.165) is 18.5 Å². The van der Waals surface area contributed by atoms with E-state index in [1.807, 2.05) is 12.1 Å².